The number of nitrogens with two attached hydrogens (primary N) is 1. The van der Waals surface area contributed by atoms with Gasteiger partial charge in [-0.1, -0.05) is 12.1 Å². The van der Waals surface area contributed by atoms with Gasteiger partial charge in [0.1, 0.15) is 12.1 Å². The SMILES string of the molecule is CC1CCC(NC(=O)COC(C)(C)C)(C(N)=NO)CC1. The smallest absolute Gasteiger partial charge is 0.246 e. The lowest BCUT2D eigenvalue weighted by atomic mass is 9.76. The summed E-state index contributed by atoms with van der Waals surface area (Å²) in [5.74, 6) is 0.437. The number of nitrogens with zero attached hydrogens (tertiary/aromatic N) is 1. The van der Waals surface area contributed by atoms with E-state index in [1.54, 1.807) is 0 Å². The highest BCUT2D eigenvalue weighted by atomic mass is 16.5. The Morgan fingerprint density at radius 3 is 2.45 bits per heavy atom. The van der Waals surface area contributed by atoms with E-state index in [1.165, 1.54) is 0 Å². The molecule has 1 saturated carbocycles. The van der Waals surface area contributed by atoms with Crippen molar-refractivity contribution < 1.29 is 14.7 Å². The highest BCUT2D eigenvalue weighted by Gasteiger charge is 2.39. The average molecular weight is 285 g/mol. The number of oxime groups is 1. The minimum Gasteiger partial charge on any atom is -0.409 e. The number of hydrogen-bond acceptors (Lipinski definition) is 4. The van der Waals surface area contributed by atoms with Crippen LogP contribution < -0.4 is 11.1 Å². The van der Waals surface area contributed by atoms with Crippen molar-refractivity contribution in [1.29, 1.82) is 0 Å². The monoisotopic (exact) mass is 285 g/mol. The zero-order valence-corrected chi connectivity index (χ0v) is 12.9. The summed E-state index contributed by atoms with van der Waals surface area (Å²) in [4.78, 5) is 12.0. The van der Waals surface area contributed by atoms with Crippen molar-refractivity contribution in [2.75, 3.05) is 6.61 Å². The van der Waals surface area contributed by atoms with Gasteiger partial charge in [-0.25, -0.2) is 0 Å². The van der Waals surface area contributed by atoms with Gasteiger partial charge in [0.2, 0.25) is 5.91 Å². The second-order valence-electron chi connectivity index (χ2n) is 6.70. The van der Waals surface area contributed by atoms with Crippen molar-refractivity contribution >= 4 is 11.7 Å². The first-order valence-electron chi connectivity index (χ1n) is 7.11. The summed E-state index contributed by atoms with van der Waals surface area (Å²) < 4.78 is 5.46. The average Bonchev–Trinajstić information content (AvgIpc) is 2.37. The molecule has 116 valence electrons. The zero-order valence-electron chi connectivity index (χ0n) is 12.9. The molecule has 0 aromatic heterocycles. The van der Waals surface area contributed by atoms with Crippen LogP contribution in [0.25, 0.3) is 0 Å². The molecule has 0 unspecified atom stereocenters. The molecule has 0 spiro atoms. The van der Waals surface area contributed by atoms with Crippen LogP contribution in [-0.2, 0) is 9.53 Å². The Hall–Kier alpha value is -1.30. The molecule has 0 radical (unpaired) electrons. The van der Waals surface area contributed by atoms with Gasteiger partial charge in [0.05, 0.1) is 5.60 Å². The van der Waals surface area contributed by atoms with E-state index in [-0.39, 0.29) is 24.0 Å². The Morgan fingerprint density at radius 2 is 2.00 bits per heavy atom. The van der Waals surface area contributed by atoms with Gasteiger partial charge in [0.15, 0.2) is 5.84 Å². The van der Waals surface area contributed by atoms with Crippen LogP contribution in [0.2, 0.25) is 0 Å². The van der Waals surface area contributed by atoms with Gasteiger partial charge >= 0.3 is 0 Å². The number of ether oxygens (including phenoxy) is 1. The minimum absolute atomic E-state index is 0.0283. The Balaban J connectivity index is 2.69. The number of amidine groups is 1. The van der Waals surface area contributed by atoms with E-state index in [2.05, 4.69) is 17.4 Å². The summed E-state index contributed by atoms with van der Waals surface area (Å²) in [7, 11) is 0. The highest BCUT2D eigenvalue weighted by Crippen LogP contribution is 2.32. The number of hydrogen-bond donors (Lipinski definition) is 3. The molecule has 1 aliphatic rings. The molecule has 0 aliphatic heterocycles. The van der Waals surface area contributed by atoms with E-state index in [4.69, 9.17) is 15.7 Å². The van der Waals surface area contributed by atoms with Crippen LogP contribution in [0.1, 0.15) is 53.4 Å². The first kappa shape index (κ1) is 16.8. The fraction of sp³-hybridized carbons (Fsp3) is 0.857. The summed E-state index contributed by atoms with van der Waals surface area (Å²) >= 11 is 0. The molecule has 1 rings (SSSR count). The van der Waals surface area contributed by atoms with Gasteiger partial charge in [-0.15, -0.1) is 0 Å². The van der Waals surface area contributed by atoms with Crippen molar-refractivity contribution in [3.8, 4) is 0 Å². The molecule has 0 saturated heterocycles. The van der Waals surface area contributed by atoms with Crippen LogP contribution in [0.3, 0.4) is 0 Å². The van der Waals surface area contributed by atoms with Gasteiger partial charge in [0.25, 0.3) is 0 Å². The number of nitrogens with one attached hydrogen (secondary N) is 1. The maximum atomic E-state index is 12.0. The van der Waals surface area contributed by atoms with Crippen LogP contribution >= 0.6 is 0 Å². The molecule has 0 aromatic rings. The lowest BCUT2D eigenvalue weighted by molar-refractivity contribution is -0.132. The third-order valence-electron chi connectivity index (χ3n) is 3.74. The molecule has 4 N–H and O–H groups in total. The van der Waals surface area contributed by atoms with Gasteiger partial charge in [-0.3, -0.25) is 4.79 Å². The van der Waals surface area contributed by atoms with Gasteiger partial charge < -0.3 is 21.0 Å². The normalized spacial score (nSPS) is 28.2. The van der Waals surface area contributed by atoms with Crippen molar-refractivity contribution in [1.82, 2.24) is 5.32 Å². The Labute approximate surface area is 120 Å². The number of rotatable bonds is 4. The summed E-state index contributed by atoms with van der Waals surface area (Å²) in [6, 6.07) is 0. The predicted molar refractivity (Wildman–Crippen MR) is 77.6 cm³/mol. The first-order valence-corrected chi connectivity index (χ1v) is 7.11. The summed E-state index contributed by atoms with van der Waals surface area (Å²) in [6.45, 7) is 7.81. The summed E-state index contributed by atoms with van der Waals surface area (Å²) in [6.07, 6.45) is 3.25. The van der Waals surface area contributed by atoms with E-state index in [1.807, 2.05) is 20.8 Å². The van der Waals surface area contributed by atoms with E-state index in [9.17, 15) is 4.79 Å². The second-order valence-corrected chi connectivity index (χ2v) is 6.70. The topological polar surface area (TPSA) is 96.9 Å². The molecule has 1 amide bonds. The molecule has 0 heterocycles. The Bertz CT molecular complexity index is 366. The van der Waals surface area contributed by atoms with Crippen molar-refractivity contribution in [3.05, 3.63) is 0 Å². The van der Waals surface area contributed by atoms with Gasteiger partial charge in [-0.2, -0.15) is 0 Å². The van der Waals surface area contributed by atoms with Crippen LogP contribution in [0, 0.1) is 5.92 Å². The predicted octanol–water partition coefficient (Wildman–Crippen LogP) is 1.61. The molecule has 0 bridgehead atoms. The lowest BCUT2D eigenvalue weighted by Gasteiger charge is -2.39. The van der Waals surface area contributed by atoms with Gasteiger partial charge in [-0.05, 0) is 52.4 Å². The zero-order chi connectivity index (χ0) is 15.4. The van der Waals surface area contributed by atoms with E-state index < -0.39 is 5.54 Å². The molecule has 6 nitrogen and oxygen atoms in total. The second kappa shape index (κ2) is 6.43. The van der Waals surface area contributed by atoms with E-state index in [0.29, 0.717) is 18.8 Å². The van der Waals surface area contributed by atoms with Gasteiger partial charge in [0, 0.05) is 0 Å². The van der Waals surface area contributed by atoms with Crippen LogP contribution in [-0.4, -0.2) is 34.7 Å². The summed E-state index contributed by atoms with van der Waals surface area (Å²) in [5.41, 5.74) is 4.69. The van der Waals surface area contributed by atoms with E-state index in [0.717, 1.165) is 12.8 Å². The number of amides is 1. The summed E-state index contributed by atoms with van der Waals surface area (Å²) in [5, 5.41) is 15.0. The standard InChI is InChI=1S/C14H27N3O3/c1-10-5-7-14(8-6-10,12(15)17-19)16-11(18)9-20-13(2,3)4/h10,19H,5-9H2,1-4H3,(H2,15,17)(H,16,18). The fourth-order valence-corrected chi connectivity index (χ4v) is 2.38. The molecule has 20 heavy (non-hydrogen) atoms. The van der Waals surface area contributed by atoms with Crippen molar-refractivity contribution in [2.24, 2.45) is 16.8 Å². The van der Waals surface area contributed by atoms with Crippen molar-refractivity contribution in [3.63, 3.8) is 0 Å². The molecule has 0 atom stereocenters. The molecular formula is C14H27N3O3. The van der Waals surface area contributed by atoms with Crippen LogP contribution in [0.5, 0.6) is 0 Å². The molecule has 1 aliphatic carbocycles. The Morgan fingerprint density at radius 1 is 1.45 bits per heavy atom. The molecule has 0 aromatic carbocycles. The Kier molecular flexibility index (Phi) is 5.39. The molecule has 1 fully saturated rings. The maximum Gasteiger partial charge on any atom is 0.246 e. The maximum absolute atomic E-state index is 12.0. The fourth-order valence-electron chi connectivity index (χ4n) is 2.38. The minimum atomic E-state index is -0.737. The molecule has 6 heteroatoms. The third kappa shape index (κ3) is 4.67. The first-order chi connectivity index (χ1) is 9.18. The molecular weight excluding hydrogens is 258 g/mol. The van der Waals surface area contributed by atoms with Crippen LogP contribution in [0.15, 0.2) is 5.16 Å². The number of carbonyl (C=O) groups is 1. The number of carbonyl (C=O) groups excluding carboxylic acids is 1. The lowest BCUT2D eigenvalue weighted by Crippen LogP contribution is -2.59. The van der Waals surface area contributed by atoms with E-state index >= 15 is 0 Å². The van der Waals surface area contributed by atoms with Crippen molar-refractivity contribution in [2.45, 2.75) is 64.5 Å². The third-order valence-corrected chi connectivity index (χ3v) is 3.74. The highest BCUT2D eigenvalue weighted by molar-refractivity contribution is 5.94. The quantitative estimate of drug-likeness (QED) is 0.316. The largest absolute Gasteiger partial charge is 0.409 e. The van der Waals surface area contributed by atoms with Crippen LogP contribution in [0.4, 0.5) is 0 Å².